The van der Waals surface area contributed by atoms with Gasteiger partial charge in [0, 0.05) is 38.8 Å². The highest BCUT2D eigenvalue weighted by atomic mass is 35.5. The summed E-state index contributed by atoms with van der Waals surface area (Å²) in [7, 11) is -3.71. The second kappa shape index (κ2) is 9.39. The fourth-order valence-electron chi connectivity index (χ4n) is 4.17. The molecule has 0 bridgehead atoms. The van der Waals surface area contributed by atoms with Crippen molar-refractivity contribution in [1.82, 2.24) is 14.1 Å². The summed E-state index contributed by atoms with van der Waals surface area (Å²) in [6, 6.07) is 13.6. The lowest BCUT2D eigenvalue weighted by molar-refractivity contribution is -0.158. The molecule has 2 aromatic rings. The molecular weight excluding hydrogens is 473 g/mol. The van der Waals surface area contributed by atoms with Gasteiger partial charge in [-0.25, -0.2) is 8.42 Å². The van der Waals surface area contributed by atoms with Crippen LogP contribution in [0.1, 0.15) is 18.4 Å². The minimum absolute atomic E-state index is 0.0890. The molecule has 2 aromatic carbocycles. The van der Waals surface area contributed by atoms with Crippen LogP contribution in [-0.4, -0.2) is 66.6 Å². The molecule has 0 spiro atoms. The Morgan fingerprint density at radius 2 is 1.53 bits per heavy atom. The number of benzene rings is 2. The monoisotopic (exact) mass is 495 g/mol. The van der Waals surface area contributed by atoms with Gasteiger partial charge < -0.3 is 9.80 Å². The van der Waals surface area contributed by atoms with Crippen molar-refractivity contribution in [2.24, 2.45) is 0 Å². The minimum Gasteiger partial charge on any atom is -0.330 e. The number of nitrogens with zero attached hydrogens (tertiary/aromatic N) is 3. The van der Waals surface area contributed by atoms with Gasteiger partial charge in [0.2, 0.25) is 10.0 Å². The summed E-state index contributed by atoms with van der Waals surface area (Å²) in [4.78, 5) is 28.7. The van der Waals surface area contributed by atoms with Gasteiger partial charge in [0.15, 0.2) is 0 Å². The smallest absolute Gasteiger partial charge is 0.312 e. The number of carbonyl (C=O) groups is 2. The lowest BCUT2D eigenvalue weighted by Gasteiger charge is -2.41. The van der Waals surface area contributed by atoms with Gasteiger partial charge in [-0.15, -0.1) is 0 Å². The molecule has 0 aliphatic carbocycles. The highest BCUT2D eigenvalue weighted by Crippen LogP contribution is 2.29. The highest BCUT2D eigenvalue weighted by molar-refractivity contribution is 7.89. The Hall–Kier alpha value is -2.13. The first-order valence-corrected chi connectivity index (χ1v) is 12.6. The number of sulfonamides is 1. The summed E-state index contributed by atoms with van der Waals surface area (Å²) in [5.41, 5.74) is 0.975. The molecule has 32 heavy (non-hydrogen) atoms. The lowest BCUT2D eigenvalue weighted by atomic mass is 10.0. The zero-order valence-electron chi connectivity index (χ0n) is 17.3. The molecule has 0 radical (unpaired) electrons. The van der Waals surface area contributed by atoms with Crippen LogP contribution >= 0.6 is 23.2 Å². The van der Waals surface area contributed by atoms with Crippen molar-refractivity contribution in [3.05, 3.63) is 64.1 Å². The van der Waals surface area contributed by atoms with Crippen molar-refractivity contribution in [3.8, 4) is 0 Å². The molecule has 0 atom stereocenters. The van der Waals surface area contributed by atoms with E-state index in [0.717, 1.165) is 5.56 Å². The van der Waals surface area contributed by atoms with E-state index in [2.05, 4.69) is 0 Å². The maximum atomic E-state index is 12.9. The van der Waals surface area contributed by atoms with E-state index in [9.17, 15) is 18.0 Å². The molecule has 2 fully saturated rings. The van der Waals surface area contributed by atoms with Gasteiger partial charge in [0.05, 0.1) is 14.9 Å². The zero-order valence-corrected chi connectivity index (χ0v) is 19.6. The summed E-state index contributed by atoms with van der Waals surface area (Å²) in [6.07, 6.45) is 0.941. The zero-order chi connectivity index (χ0) is 22.9. The van der Waals surface area contributed by atoms with E-state index in [1.165, 1.54) is 22.5 Å². The van der Waals surface area contributed by atoms with E-state index in [-0.39, 0.29) is 29.0 Å². The molecule has 170 valence electrons. The van der Waals surface area contributed by atoms with Gasteiger partial charge in [-0.05, 0) is 36.6 Å². The first-order valence-electron chi connectivity index (χ1n) is 10.4. The third-order valence-corrected chi connectivity index (χ3v) is 8.58. The van der Waals surface area contributed by atoms with Crippen LogP contribution in [0.4, 0.5) is 0 Å². The predicted octanol–water partition coefficient (Wildman–Crippen LogP) is 3.02. The van der Waals surface area contributed by atoms with Crippen molar-refractivity contribution in [2.45, 2.75) is 30.3 Å². The van der Waals surface area contributed by atoms with Crippen LogP contribution in [0.5, 0.6) is 0 Å². The SMILES string of the molecule is O=C1C(=O)N(C2CCN(S(=O)(=O)c3ccc(Cl)c(Cl)c3)CC2)CCN1Cc1ccccc1. The van der Waals surface area contributed by atoms with Gasteiger partial charge in [0.1, 0.15) is 0 Å². The number of halogens is 2. The molecule has 2 aliphatic rings. The van der Waals surface area contributed by atoms with E-state index < -0.39 is 21.8 Å². The van der Waals surface area contributed by atoms with Crippen LogP contribution in [0.3, 0.4) is 0 Å². The standard InChI is InChI=1S/C22H23Cl2N3O4S/c23-19-7-6-18(14-20(19)24)32(30,31)26-10-8-17(9-11-26)27-13-12-25(21(28)22(27)29)15-16-4-2-1-3-5-16/h1-7,14,17H,8-13,15H2. The maximum absolute atomic E-state index is 12.9. The number of hydrogen-bond donors (Lipinski definition) is 0. The summed E-state index contributed by atoms with van der Waals surface area (Å²) in [5, 5.41) is 0.471. The normalized spacial score (nSPS) is 18.9. The van der Waals surface area contributed by atoms with Crippen molar-refractivity contribution >= 4 is 45.0 Å². The van der Waals surface area contributed by atoms with Gasteiger partial charge in [-0.2, -0.15) is 4.31 Å². The molecule has 2 heterocycles. The molecule has 2 saturated heterocycles. The second-order valence-corrected chi connectivity index (χ2v) is 10.7. The summed E-state index contributed by atoms with van der Waals surface area (Å²) in [5.74, 6) is -1.02. The summed E-state index contributed by atoms with van der Waals surface area (Å²) >= 11 is 11.9. The number of hydrogen-bond acceptors (Lipinski definition) is 4. The quantitative estimate of drug-likeness (QED) is 0.597. The topological polar surface area (TPSA) is 78.0 Å². The Labute approximate surface area is 197 Å². The van der Waals surface area contributed by atoms with Crippen LogP contribution in [0.2, 0.25) is 10.0 Å². The molecule has 0 N–H and O–H groups in total. The van der Waals surface area contributed by atoms with E-state index >= 15 is 0 Å². The molecule has 10 heteroatoms. The molecule has 0 saturated carbocycles. The second-order valence-electron chi connectivity index (χ2n) is 7.92. The van der Waals surface area contributed by atoms with Crippen LogP contribution < -0.4 is 0 Å². The first kappa shape index (κ1) is 23.0. The summed E-state index contributed by atoms with van der Waals surface area (Å²) < 4.78 is 27.3. The summed E-state index contributed by atoms with van der Waals surface area (Å²) in [6.45, 7) is 1.83. The minimum atomic E-state index is -3.71. The van der Waals surface area contributed by atoms with E-state index in [4.69, 9.17) is 23.2 Å². The van der Waals surface area contributed by atoms with Crippen LogP contribution in [0.15, 0.2) is 53.4 Å². The lowest BCUT2D eigenvalue weighted by Crippen LogP contribution is -2.58. The van der Waals surface area contributed by atoms with Crippen molar-refractivity contribution in [1.29, 1.82) is 0 Å². The molecule has 0 aromatic heterocycles. The Morgan fingerprint density at radius 1 is 0.844 bits per heavy atom. The Morgan fingerprint density at radius 3 is 2.19 bits per heavy atom. The molecule has 2 amide bonds. The Bertz CT molecular complexity index is 1120. The van der Waals surface area contributed by atoms with E-state index in [1.807, 2.05) is 30.3 Å². The average Bonchev–Trinajstić information content (AvgIpc) is 2.79. The Balaban J connectivity index is 1.37. The van der Waals surface area contributed by atoms with Crippen molar-refractivity contribution in [3.63, 3.8) is 0 Å². The molecular formula is C22H23Cl2N3O4S. The molecule has 4 rings (SSSR count). The molecule has 2 aliphatic heterocycles. The predicted molar refractivity (Wildman–Crippen MR) is 122 cm³/mol. The van der Waals surface area contributed by atoms with Crippen LogP contribution in [-0.2, 0) is 26.2 Å². The average molecular weight is 496 g/mol. The fraction of sp³-hybridized carbons (Fsp3) is 0.364. The van der Waals surface area contributed by atoms with Crippen molar-refractivity contribution in [2.75, 3.05) is 26.2 Å². The first-order chi connectivity index (χ1) is 15.3. The van der Waals surface area contributed by atoms with Gasteiger partial charge >= 0.3 is 11.8 Å². The number of piperidine rings is 1. The van der Waals surface area contributed by atoms with E-state index in [1.54, 1.807) is 9.80 Å². The molecule has 0 unspecified atom stereocenters. The molecule has 7 nitrogen and oxygen atoms in total. The van der Waals surface area contributed by atoms with E-state index in [0.29, 0.717) is 37.5 Å². The Kier molecular flexibility index (Phi) is 6.76. The maximum Gasteiger partial charge on any atom is 0.312 e. The largest absolute Gasteiger partial charge is 0.330 e. The third-order valence-electron chi connectivity index (χ3n) is 5.95. The van der Waals surface area contributed by atoms with Gasteiger partial charge in [0.25, 0.3) is 0 Å². The number of amides is 2. The van der Waals surface area contributed by atoms with Gasteiger partial charge in [-0.3, -0.25) is 9.59 Å². The number of piperazine rings is 1. The van der Waals surface area contributed by atoms with Crippen molar-refractivity contribution < 1.29 is 18.0 Å². The van der Waals surface area contributed by atoms with Gasteiger partial charge in [-0.1, -0.05) is 53.5 Å². The third kappa shape index (κ3) is 4.64. The van der Waals surface area contributed by atoms with Crippen LogP contribution in [0.25, 0.3) is 0 Å². The number of rotatable bonds is 5. The van der Waals surface area contributed by atoms with Crippen LogP contribution in [0, 0.1) is 0 Å². The highest BCUT2D eigenvalue weighted by Gasteiger charge is 2.39. The fourth-order valence-corrected chi connectivity index (χ4v) is 6.03. The number of carbonyl (C=O) groups excluding carboxylic acids is 2.